The zero-order valence-corrected chi connectivity index (χ0v) is 16.4. The number of nitrogens with one attached hydrogen (secondary N) is 1. The monoisotopic (exact) mass is 388 g/mol. The average Bonchev–Trinajstić information content (AvgIpc) is 2.94. The fourth-order valence-electron chi connectivity index (χ4n) is 2.86. The zero-order chi connectivity index (χ0) is 19.6. The first kappa shape index (κ1) is 19.1. The number of fused-ring (bicyclic) bond motifs is 1. The molecular weight excluding hydrogens is 368 g/mol. The summed E-state index contributed by atoms with van der Waals surface area (Å²) in [5.74, 6) is 0.0814. The van der Waals surface area contributed by atoms with E-state index in [4.69, 9.17) is 21.1 Å². The SMILES string of the molecule is COCCOc1c(Cl)cccc1NC(=O)c1c(C)nn2c(C)cc(C)nc12. The molecule has 0 aliphatic rings. The van der Waals surface area contributed by atoms with Crippen molar-refractivity contribution in [2.24, 2.45) is 0 Å². The Labute approximate surface area is 162 Å². The molecule has 1 N–H and O–H groups in total. The summed E-state index contributed by atoms with van der Waals surface area (Å²) in [6.45, 7) is 6.32. The normalized spacial score (nSPS) is 11.0. The maximum absolute atomic E-state index is 13.0. The number of carbonyl (C=O) groups excluding carboxylic acids is 1. The van der Waals surface area contributed by atoms with Gasteiger partial charge in [0.15, 0.2) is 11.4 Å². The molecule has 0 spiro atoms. The molecule has 0 aliphatic heterocycles. The van der Waals surface area contributed by atoms with Crippen LogP contribution in [0.3, 0.4) is 0 Å². The first-order valence-electron chi connectivity index (χ1n) is 8.47. The predicted molar refractivity (Wildman–Crippen MR) is 104 cm³/mol. The summed E-state index contributed by atoms with van der Waals surface area (Å²) >= 11 is 6.24. The quantitative estimate of drug-likeness (QED) is 0.653. The van der Waals surface area contributed by atoms with Gasteiger partial charge in [0.25, 0.3) is 5.91 Å². The van der Waals surface area contributed by atoms with Crippen molar-refractivity contribution < 1.29 is 14.3 Å². The number of benzene rings is 1. The summed E-state index contributed by atoms with van der Waals surface area (Å²) in [6.07, 6.45) is 0. The molecule has 7 nitrogen and oxygen atoms in total. The van der Waals surface area contributed by atoms with Crippen LogP contribution in [0.4, 0.5) is 5.69 Å². The van der Waals surface area contributed by atoms with Crippen LogP contribution in [0.25, 0.3) is 5.65 Å². The van der Waals surface area contributed by atoms with Crippen LogP contribution in [0.2, 0.25) is 5.02 Å². The Morgan fingerprint density at radius 1 is 1.26 bits per heavy atom. The average molecular weight is 389 g/mol. The summed E-state index contributed by atoms with van der Waals surface area (Å²) in [5, 5.41) is 7.71. The van der Waals surface area contributed by atoms with Gasteiger partial charge in [0.2, 0.25) is 0 Å². The number of aryl methyl sites for hydroxylation is 3. The molecule has 3 rings (SSSR count). The van der Waals surface area contributed by atoms with Gasteiger partial charge in [0.05, 0.1) is 23.0 Å². The van der Waals surface area contributed by atoms with Crippen molar-refractivity contribution in [1.29, 1.82) is 0 Å². The second kappa shape index (κ2) is 7.94. The minimum Gasteiger partial charge on any atom is -0.487 e. The maximum atomic E-state index is 13.0. The van der Waals surface area contributed by atoms with Gasteiger partial charge in [-0.25, -0.2) is 9.50 Å². The lowest BCUT2D eigenvalue weighted by Gasteiger charge is -2.13. The van der Waals surface area contributed by atoms with Crippen LogP contribution in [-0.2, 0) is 4.74 Å². The van der Waals surface area contributed by atoms with Crippen molar-refractivity contribution >= 4 is 28.8 Å². The Bertz CT molecular complexity index is 1000. The molecule has 1 amide bonds. The maximum Gasteiger partial charge on any atom is 0.261 e. The highest BCUT2D eigenvalue weighted by Gasteiger charge is 2.21. The third-order valence-electron chi connectivity index (χ3n) is 4.05. The van der Waals surface area contributed by atoms with Crippen molar-refractivity contribution in [3.63, 3.8) is 0 Å². The molecule has 8 heteroatoms. The number of aromatic nitrogens is 3. The van der Waals surface area contributed by atoms with Gasteiger partial charge >= 0.3 is 0 Å². The summed E-state index contributed by atoms with van der Waals surface area (Å²) in [4.78, 5) is 17.5. The number of methoxy groups -OCH3 is 1. The second-order valence-corrected chi connectivity index (χ2v) is 6.55. The van der Waals surface area contributed by atoms with Gasteiger partial charge in [-0.05, 0) is 39.0 Å². The molecule has 2 aromatic heterocycles. The van der Waals surface area contributed by atoms with Gasteiger partial charge in [0.1, 0.15) is 12.2 Å². The van der Waals surface area contributed by atoms with Crippen molar-refractivity contribution in [1.82, 2.24) is 14.6 Å². The van der Waals surface area contributed by atoms with Gasteiger partial charge in [-0.1, -0.05) is 17.7 Å². The van der Waals surface area contributed by atoms with Crippen molar-refractivity contribution in [3.05, 3.63) is 51.9 Å². The Morgan fingerprint density at radius 3 is 2.78 bits per heavy atom. The van der Waals surface area contributed by atoms with E-state index in [1.54, 1.807) is 36.7 Å². The molecule has 0 radical (unpaired) electrons. The van der Waals surface area contributed by atoms with Crippen LogP contribution in [0.15, 0.2) is 24.3 Å². The van der Waals surface area contributed by atoms with Gasteiger partial charge in [0, 0.05) is 18.5 Å². The van der Waals surface area contributed by atoms with Crippen LogP contribution < -0.4 is 10.1 Å². The molecular formula is C19H21ClN4O3. The molecule has 0 saturated heterocycles. The van der Waals surface area contributed by atoms with E-state index in [0.717, 1.165) is 11.4 Å². The highest BCUT2D eigenvalue weighted by molar-refractivity contribution is 6.32. The first-order chi connectivity index (χ1) is 12.9. The lowest BCUT2D eigenvalue weighted by molar-refractivity contribution is 0.102. The van der Waals surface area contributed by atoms with E-state index in [0.29, 0.717) is 46.6 Å². The summed E-state index contributed by atoms with van der Waals surface area (Å²) in [5.41, 5.74) is 3.74. The molecule has 0 saturated carbocycles. The Hall–Kier alpha value is -2.64. The molecule has 0 fully saturated rings. The highest BCUT2D eigenvalue weighted by Crippen LogP contribution is 2.33. The first-order valence-corrected chi connectivity index (χ1v) is 8.85. The van der Waals surface area contributed by atoms with Crippen molar-refractivity contribution in [3.8, 4) is 5.75 Å². The number of anilines is 1. The fourth-order valence-corrected chi connectivity index (χ4v) is 3.09. The van der Waals surface area contributed by atoms with E-state index in [2.05, 4.69) is 15.4 Å². The van der Waals surface area contributed by atoms with Gasteiger partial charge < -0.3 is 14.8 Å². The smallest absolute Gasteiger partial charge is 0.261 e. The largest absolute Gasteiger partial charge is 0.487 e. The Morgan fingerprint density at radius 2 is 2.04 bits per heavy atom. The molecule has 3 aromatic rings. The van der Waals surface area contributed by atoms with E-state index in [1.807, 2.05) is 19.9 Å². The van der Waals surface area contributed by atoms with Crippen LogP contribution >= 0.6 is 11.6 Å². The predicted octanol–water partition coefficient (Wildman–Crippen LogP) is 3.59. The van der Waals surface area contributed by atoms with E-state index < -0.39 is 0 Å². The molecule has 142 valence electrons. The van der Waals surface area contributed by atoms with E-state index in [1.165, 1.54) is 0 Å². The number of amides is 1. The van der Waals surface area contributed by atoms with Crippen LogP contribution in [0, 0.1) is 20.8 Å². The minimum atomic E-state index is -0.321. The molecule has 0 atom stereocenters. The number of nitrogens with zero attached hydrogens (tertiary/aromatic N) is 3. The molecule has 27 heavy (non-hydrogen) atoms. The summed E-state index contributed by atoms with van der Waals surface area (Å²) < 4.78 is 12.3. The van der Waals surface area contributed by atoms with Gasteiger partial charge in [-0.2, -0.15) is 5.10 Å². The standard InChI is InChI=1S/C19H21ClN4O3/c1-11-10-12(2)24-18(21-11)16(13(3)23-24)19(25)22-15-7-5-6-14(20)17(15)27-9-8-26-4/h5-7,10H,8-9H2,1-4H3,(H,22,25). The number of hydrogen-bond donors (Lipinski definition) is 1. The minimum absolute atomic E-state index is 0.318. The van der Waals surface area contributed by atoms with Crippen LogP contribution in [-0.4, -0.2) is 40.8 Å². The summed E-state index contributed by atoms with van der Waals surface area (Å²) in [6, 6.07) is 7.10. The number of rotatable bonds is 6. The third-order valence-corrected chi connectivity index (χ3v) is 4.34. The number of para-hydroxylation sites is 1. The molecule has 1 aromatic carbocycles. The second-order valence-electron chi connectivity index (χ2n) is 6.15. The lowest BCUT2D eigenvalue weighted by atomic mass is 10.2. The number of hydrogen-bond acceptors (Lipinski definition) is 5. The van der Waals surface area contributed by atoms with E-state index in [-0.39, 0.29) is 5.91 Å². The third kappa shape index (κ3) is 3.89. The van der Waals surface area contributed by atoms with E-state index >= 15 is 0 Å². The molecule has 0 unspecified atom stereocenters. The topological polar surface area (TPSA) is 77.8 Å². The Kier molecular flexibility index (Phi) is 5.62. The van der Waals surface area contributed by atoms with Crippen LogP contribution in [0.1, 0.15) is 27.4 Å². The van der Waals surface area contributed by atoms with Gasteiger partial charge in [-0.3, -0.25) is 4.79 Å². The van der Waals surface area contributed by atoms with Gasteiger partial charge in [-0.15, -0.1) is 0 Å². The molecule has 0 aliphatic carbocycles. The Balaban J connectivity index is 1.96. The van der Waals surface area contributed by atoms with Crippen molar-refractivity contribution in [2.45, 2.75) is 20.8 Å². The molecule has 0 bridgehead atoms. The number of carbonyl (C=O) groups is 1. The summed E-state index contributed by atoms with van der Waals surface area (Å²) in [7, 11) is 1.59. The van der Waals surface area contributed by atoms with Crippen molar-refractivity contribution in [2.75, 3.05) is 25.6 Å². The number of ether oxygens (including phenoxy) is 2. The lowest BCUT2D eigenvalue weighted by Crippen LogP contribution is -2.15. The molecule has 2 heterocycles. The zero-order valence-electron chi connectivity index (χ0n) is 15.7. The van der Waals surface area contributed by atoms with E-state index in [9.17, 15) is 4.79 Å². The fraction of sp³-hybridized carbons (Fsp3) is 0.316. The van der Waals surface area contributed by atoms with Crippen LogP contribution in [0.5, 0.6) is 5.75 Å². The number of halogens is 1. The highest BCUT2D eigenvalue weighted by atomic mass is 35.5.